The van der Waals surface area contributed by atoms with E-state index in [0.29, 0.717) is 18.0 Å². The monoisotopic (exact) mass is 348 g/mol. The van der Waals surface area contributed by atoms with Crippen LogP contribution in [-0.2, 0) is 11.2 Å². The van der Waals surface area contributed by atoms with Crippen molar-refractivity contribution < 1.29 is 14.5 Å². The lowest BCUT2D eigenvalue weighted by molar-refractivity contribution is -0.385. The number of aryl methyl sites for hydroxylation is 1. The summed E-state index contributed by atoms with van der Waals surface area (Å²) in [6.07, 6.45) is 0.660. The van der Waals surface area contributed by atoms with E-state index < -0.39 is 4.92 Å². The van der Waals surface area contributed by atoms with Crippen LogP contribution >= 0.6 is 11.6 Å². The summed E-state index contributed by atoms with van der Waals surface area (Å²) in [7, 11) is 0. The van der Waals surface area contributed by atoms with Crippen LogP contribution in [0.4, 0.5) is 5.69 Å². The first-order valence-corrected chi connectivity index (χ1v) is 7.72. The Hall–Kier alpha value is -2.60. The quantitative estimate of drug-likeness (QED) is 0.615. The normalized spacial score (nSPS) is 10.2. The number of nitro benzene ring substituents is 1. The molecule has 0 saturated heterocycles. The molecule has 7 heteroatoms. The Morgan fingerprint density at radius 2 is 1.96 bits per heavy atom. The first-order valence-electron chi connectivity index (χ1n) is 7.34. The Labute approximate surface area is 144 Å². The third kappa shape index (κ3) is 5.24. The Bertz CT molecular complexity index is 732. The van der Waals surface area contributed by atoms with Gasteiger partial charge >= 0.3 is 5.69 Å². The predicted molar refractivity (Wildman–Crippen MR) is 91.5 cm³/mol. The van der Waals surface area contributed by atoms with Gasteiger partial charge in [0, 0.05) is 17.6 Å². The highest BCUT2D eigenvalue weighted by Crippen LogP contribution is 2.27. The van der Waals surface area contributed by atoms with Gasteiger partial charge in [-0.3, -0.25) is 14.9 Å². The average Bonchev–Trinajstić information content (AvgIpc) is 2.55. The fourth-order valence-corrected chi connectivity index (χ4v) is 2.21. The molecule has 0 aromatic heterocycles. The van der Waals surface area contributed by atoms with Gasteiger partial charge in [0.05, 0.1) is 4.92 Å². The maximum absolute atomic E-state index is 11.8. The van der Waals surface area contributed by atoms with Crippen LogP contribution in [-0.4, -0.2) is 24.0 Å². The third-order valence-electron chi connectivity index (χ3n) is 3.32. The van der Waals surface area contributed by atoms with Gasteiger partial charge in [0.25, 0.3) is 5.91 Å². The maximum Gasteiger partial charge on any atom is 0.311 e. The van der Waals surface area contributed by atoms with Gasteiger partial charge in [0.15, 0.2) is 12.4 Å². The first kappa shape index (κ1) is 17.7. The molecule has 2 aromatic rings. The number of halogens is 1. The molecular weight excluding hydrogens is 332 g/mol. The molecule has 0 bridgehead atoms. The molecule has 0 saturated carbocycles. The zero-order valence-electron chi connectivity index (χ0n) is 13.1. The topological polar surface area (TPSA) is 81.5 Å². The molecule has 0 aliphatic carbocycles. The van der Waals surface area contributed by atoms with Crippen LogP contribution in [0.3, 0.4) is 0 Å². The number of rotatable bonds is 7. The lowest BCUT2D eigenvalue weighted by atomic mass is 10.1. The van der Waals surface area contributed by atoms with Crippen molar-refractivity contribution in [3.8, 4) is 5.75 Å². The van der Waals surface area contributed by atoms with Crippen LogP contribution in [0.15, 0.2) is 42.5 Å². The first-order chi connectivity index (χ1) is 11.5. The van der Waals surface area contributed by atoms with Crippen molar-refractivity contribution >= 4 is 23.2 Å². The molecule has 0 radical (unpaired) electrons. The number of amides is 1. The summed E-state index contributed by atoms with van der Waals surface area (Å²) in [5.74, 6) is -0.253. The summed E-state index contributed by atoms with van der Waals surface area (Å²) < 4.78 is 5.26. The fourth-order valence-electron chi connectivity index (χ4n) is 2.08. The molecule has 0 aliphatic heterocycles. The highest BCUT2D eigenvalue weighted by atomic mass is 35.5. The number of nitrogens with zero attached hydrogens (tertiary/aromatic N) is 1. The molecule has 0 spiro atoms. The van der Waals surface area contributed by atoms with Gasteiger partial charge in [-0.05, 0) is 42.7 Å². The summed E-state index contributed by atoms with van der Waals surface area (Å²) in [6, 6.07) is 12.0. The minimum atomic E-state index is -0.527. The van der Waals surface area contributed by atoms with E-state index in [1.807, 2.05) is 12.1 Å². The number of carbonyl (C=O) groups is 1. The number of benzene rings is 2. The van der Waals surface area contributed by atoms with E-state index in [1.54, 1.807) is 25.1 Å². The van der Waals surface area contributed by atoms with Crippen molar-refractivity contribution in [2.24, 2.45) is 0 Å². The van der Waals surface area contributed by atoms with Crippen LogP contribution in [0.1, 0.15) is 11.1 Å². The Morgan fingerprint density at radius 1 is 1.25 bits per heavy atom. The van der Waals surface area contributed by atoms with Crippen LogP contribution in [0.2, 0.25) is 5.02 Å². The molecule has 0 heterocycles. The predicted octanol–water partition coefficient (Wildman–Crippen LogP) is 3.29. The Balaban J connectivity index is 1.81. The lowest BCUT2D eigenvalue weighted by Crippen LogP contribution is -2.30. The van der Waals surface area contributed by atoms with Crippen molar-refractivity contribution in [1.29, 1.82) is 0 Å². The van der Waals surface area contributed by atoms with Gasteiger partial charge in [-0.15, -0.1) is 0 Å². The molecule has 0 fully saturated rings. The standard InChI is InChI=1S/C17H17ClN2O4/c1-12-2-7-16(15(10-12)20(22)23)24-11-17(21)19-9-8-13-3-5-14(18)6-4-13/h2-7,10H,8-9,11H2,1H3,(H,19,21). The number of ether oxygens (including phenoxy) is 1. The summed E-state index contributed by atoms with van der Waals surface area (Å²) in [5, 5.41) is 14.4. The summed E-state index contributed by atoms with van der Waals surface area (Å²) in [6.45, 7) is 1.92. The highest BCUT2D eigenvalue weighted by Gasteiger charge is 2.16. The summed E-state index contributed by atoms with van der Waals surface area (Å²) in [4.78, 5) is 22.2. The van der Waals surface area contributed by atoms with E-state index in [1.165, 1.54) is 12.1 Å². The van der Waals surface area contributed by atoms with Gasteiger partial charge in [-0.1, -0.05) is 29.8 Å². The van der Waals surface area contributed by atoms with Crippen LogP contribution in [0, 0.1) is 17.0 Å². The number of hydrogen-bond acceptors (Lipinski definition) is 4. The van der Waals surface area contributed by atoms with E-state index in [9.17, 15) is 14.9 Å². The summed E-state index contributed by atoms with van der Waals surface area (Å²) in [5.41, 5.74) is 1.65. The van der Waals surface area contributed by atoms with Crippen LogP contribution < -0.4 is 10.1 Å². The van der Waals surface area contributed by atoms with E-state index >= 15 is 0 Å². The molecule has 126 valence electrons. The SMILES string of the molecule is Cc1ccc(OCC(=O)NCCc2ccc(Cl)cc2)c([N+](=O)[O-])c1. The molecule has 2 rings (SSSR count). The van der Waals surface area contributed by atoms with Crippen molar-refractivity contribution in [3.63, 3.8) is 0 Å². The second kappa shape index (κ2) is 8.31. The minimum Gasteiger partial charge on any atom is -0.477 e. The molecule has 0 atom stereocenters. The van der Waals surface area contributed by atoms with Crippen LogP contribution in [0.5, 0.6) is 5.75 Å². The van der Waals surface area contributed by atoms with Crippen molar-refractivity contribution in [2.45, 2.75) is 13.3 Å². The van der Waals surface area contributed by atoms with Crippen molar-refractivity contribution in [2.75, 3.05) is 13.2 Å². The average molecular weight is 349 g/mol. The second-order valence-electron chi connectivity index (χ2n) is 5.24. The fraction of sp³-hybridized carbons (Fsp3) is 0.235. The smallest absolute Gasteiger partial charge is 0.311 e. The number of hydrogen-bond donors (Lipinski definition) is 1. The molecular formula is C17H17ClN2O4. The molecule has 0 aliphatic rings. The van der Waals surface area contributed by atoms with Gasteiger partial charge in [-0.2, -0.15) is 0 Å². The number of nitro groups is 1. The second-order valence-corrected chi connectivity index (χ2v) is 5.68. The molecule has 1 N–H and O–H groups in total. The van der Waals surface area contributed by atoms with Crippen LogP contribution in [0.25, 0.3) is 0 Å². The molecule has 24 heavy (non-hydrogen) atoms. The van der Waals surface area contributed by atoms with E-state index in [-0.39, 0.29) is 24.0 Å². The van der Waals surface area contributed by atoms with Crippen molar-refractivity contribution in [3.05, 3.63) is 68.7 Å². The van der Waals surface area contributed by atoms with Gasteiger partial charge in [-0.25, -0.2) is 0 Å². The van der Waals surface area contributed by atoms with E-state index in [2.05, 4.69) is 5.32 Å². The lowest BCUT2D eigenvalue weighted by Gasteiger charge is -2.08. The molecule has 1 amide bonds. The minimum absolute atomic E-state index is 0.0819. The van der Waals surface area contributed by atoms with Gasteiger partial charge in [0.2, 0.25) is 0 Å². The molecule has 2 aromatic carbocycles. The highest BCUT2D eigenvalue weighted by molar-refractivity contribution is 6.30. The Kier molecular flexibility index (Phi) is 6.14. The number of nitrogens with one attached hydrogen (secondary N) is 1. The Morgan fingerprint density at radius 3 is 2.62 bits per heavy atom. The third-order valence-corrected chi connectivity index (χ3v) is 3.57. The summed E-state index contributed by atoms with van der Waals surface area (Å²) >= 11 is 5.81. The molecule has 6 nitrogen and oxygen atoms in total. The molecule has 0 unspecified atom stereocenters. The number of carbonyl (C=O) groups excluding carboxylic acids is 1. The zero-order valence-corrected chi connectivity index (χ0v) is 13.9. The van der Waals surface area contributed by atoms with Gasteiger partial charge < -0.3 is 10.1 Å². The zero-order chi connectivity index (χ0) is 17.5. The maximum atomic E-state index is 11.8. The largest absolute Gasteiger partial charge is 0.477 e. The van der Waals surface area contributed by atoms with E-state index in [4.69, 9.17) is 16.3 Å². The van der Waals surface area contributed by atoms with E-state index in [0.717, 1.165) is 11.1 Å². The van der Waals surface area contributed by atoms with Crippen molar-refractivity contribution in [1.82, 2.24) is 5.32 Å². The van der Waals surface area contributed by atoms with Gasteiger partial charge in [0.1, 0.15) is 0 Å².